The van der Waals surface area contributed by atoms with Crippen LogP contribution in [0.3, 0.4) is 0 Å². The molecule has 0 atom stereocenters. The molecule has 5 heteroatoms. The van der Waals surface area contributed by atoms with Gasteiger partial charge in [-0.25, -0.2) is 0 Å². The number of carbonyl (C=O) groups is 1. The molecule has 1 aromatic carbocycles. The first-order valence-corrected chi connectivity index (χ1v) is 8.27. The van der Waals surface area contributed by atoms with E-state index >= 15 is 0 Å². The molecular formula is C16H20N2O2S. The molecule has 1 amide bonds. The highest BCUT2D eigenvalue weighted by Crippen LogP contribution is 2.25. The second-order valence-corrected chi connectivity index (χ2v) is 6.44. The maximum atomic E-state index is 12.3. The van der Waals surface area contributed by atoms with Gasteiger partial charge in [0.15, 0.2) is 4.80 Å². The van der Waals surface area contributed by atoms with Gasteiger partial charge in [-0.3, -0.25) is 4.79 Å². The van der Waals surface area contributed by atoms with Crippen molar-refractivity contribution in [1.29, 1.82) is 0 Å². The number of hydrogen-bond donors (Lipinski definition) is 0. The van der Waals surface area contributed by atoms with E-state index in [0.717, 1.165) is 47.2 Å². The normalized spacial score (nSPS) is 16.9. The van der Waals surface area contributed by atoms with Crippen molar-refractivity contribution in [1.82, 2.24) is 4.57 Å². The van der Waals surface area contributed by atoms with E-state index in [0.29, 0.717) is 6.61 Å². The van der Waals surface area contributed by atoms with Crippen LogP contribution in [0.1, 0.15) is 25.7 Å². The summed E-state index contributed by atoms with van der Waals surface area (Å²) in [6.45, 7) is 1.34. The lowest BCUT2D eigenvalue weighted by Crippen LogP contribution is -2.21. The molecule has 0 radical (unpaired) electrons. The van der Waals surface area contributed by atoms with Crippen LogP contribution >= 0.6 is 11.3 Å². The maximum Gasteiger partial charge on any atom is 0.251 e. The molecule has 0 saturated heterocycles. The summed E-state index contributed by atoms with van der Waals surface area (Å²) in [7, 11) is 1.69. The second-order valence-electron chi connectivity index (χ2n) is 5.43. The van der Waals surface area contributed by atoms with Gasteiger partial charge in [0, 0.05) is 19.6 Å². The van der Waals surface area contributed by atoms with Crippen molar-refractivity contribution in [2.24, 2.45) is 10.9 Å². The first kappa shape index (κ1) is 14.5. The number of carbonyl (C=O) groups excluding carboxylic acids is 1. The van der Waals surface area contributed by atoms with Crippen molar-refractivity contribution in [2.45, 2.75) is 32.2 Å². The Balaban J connectivity index is 2.01. The van der Waals surface area contributed by atoms with E-state index < -0.39 is 0 Å². The highest BCUT2D eigenvalue weighted by Gasteiger charge is 2.22. The number of para-hydroxylation sites is 1. The van der Waals surface area contributed by atoms with Gasteiger partial charge in [-0.05, 0) is 25.0 Å². The molecule has 1 fully saturated rings. The molecule has 1 heterocycles. The number of amides is 1. The Kier molecular flexibility index (Phi) is 4.51. The fraction of sp³-hybridized carbons (Fsp3) is 0.500. The average Bonchev–Trinajstić information content (AvgIpc) is 3.13. The van der Waals surface area contributed by atoms with Crippen molar-refractivity contribution >= 4 is 27.5 Å². The highest BCUT2D eigenvalue weighted by molar-refractivity contribution is 7.16. The van der Waals surface area contributed by atoms with Gasteiger partial charge in [0.2, 0.25) is 0 Å². The molecule has 4 nitrogen and oxygen atoms in total. The zero-order valence-electron chi connectivity index (χ0n) is 12.2. The minimum atomic E-state index is 0.0465. The third-order valence-corrected chi connectivity index (χ3v) is 5.08. The SMILES string of the molecule is COCCn1c(=NC(=O)C2CCCC2)sc2ccccc21. The largest absolute Gasteiger partial charge is 0.383 e. The molecule has 2 aromatic rings. The summed E-state index contributed by atoms with van der Waals surface area (Å²) in [5.74, 6) is 0.177. The van der Waals surface area contributed by atoms with E-state index in [9.17, 15) is 4.79 Å². The summed E-state index contributed by atoms with van der Waals surface area (Å²) in [6.07, 6.45) is 4.29. The van der Waals surface area contributed by atoms with Crippen LogP contribution in [0, 0.1) is 5.92 Å². The van der Waals surface area contributed by atoms with Gasteiger partial charge in [0.05, 0.1) is 16.8 Å². The fourth-order valence-electron chi connectivity index (χ4n) is 2.86. The van der Waals surface area contributed by atoms with Crippen LogP contribution in [0.25, 0.3) is 10.2 Å². The number of thiazole rings is 1. The summed E-state index contributed by atoms with van der Waals surface area (Å²) < 4.78 is 8.43. The number of nitrogens with zero attached hydrogens (tertiary/aromatic N) is 2. The second kappa shape index (κ2) is 6.54. The number of benzene rings is 1. The van der Waals surface area contributed by atoms with Gasteiger partial charge < -0.3 is 9.30 Å². The fourth-order valence-corrected chi connectivity index (χ4v) is 3.92. The lowest BCUT2D eigenvalue weighted by atomic mass is 10.1. The number of ether oxygens (including phenoxy) is 1. The molecule has 0 bridgehead atoms. The predicted molar refractivity (Wildman–Crippen MR) is 84.2 cm³/mol. The molecule has 112 valence electrons. The van der Waals surface area contributed by atoms with Crippen LogP contribution in [-0.4, -0.2) is 24.2 Å². The van der Waals surface area contributed by atoms with E-state index in [1.165, 1.54) is 0 Å². The van der Waals surface area contributed by atoms with E-state index in [2.05, 4.69) is 21.7 Å². The molecule has 0 aliphatic heterocycles. The van der Waals surface area contributed by atoms with Gasteiger partial charge in [-0.1, -0.05) is 36.3 Å². The predicted octanol–water partition coefficient (Wildman–Crippen LogP) is 2.97. The number of aromatic nitrogens is 1. The van der Waals surface area contributed by atoms with Gasteiger partial charge >= 0.3 is 0 Å². The van der Waals surface area contributed by atoms with Crippen LogP contribution in [0.2, 0.25) is 0 Å². The molecule has 21 heavy (non-hydrogen) atoms. The zero-order valence-corrected chi connectivity index (χ0v) is 13.1. The summed E-state index contributed by atoms with van der Waals surface area (Å²) in [4.78, 5) is 17.5. The maximum absolute atomic E-state index is 12.3. The highest BCUT2D eigenvalue weighted by atomic mass is 32.1. The lowest BCUT2D eigenvalue weighted by Gasteiger charge is -2.05. The van der Waals surface area contributed by atoms with Crippen molar-refractivity contribution < 1.29 is 9.53 Å². The standard InChI is InChI=1S/C16H20N2O2S/c1-20-11-10-18-13-8-4-5-9-14(13)21-16(18)17-15(19)12-6-2-3-7-12/h4-5,8-9,12H,2-3,6-7,10-11H2,1H3. The molecule has 1 aliphatic rings. The van der Waals surface area contributed by atoms with Crippen LogP contribution in [-0.2, 0) is 16.1 Å². The summed E-state index contributed by atoms with van der Waals surface area (Å²) >= 11 is 1.58. The Hall–Kier alpha value is -1.46. The Morgan fingerprint density at radius 3 is 2.90 bits per heavy atom. The van der Waals surface area contributed by atoms with Crippen molar-refractivity contribution in [3.8, 4) is 0 Å². The number of methoxy groups -OCH3 is 1. The third kappa shape index (κ3) is 3.09. The molecule has 0 unspecified atom stereocenters. The zero-order chi connectivity index (χ0) is 14.7. The lowest BCUT2D eigenvalue weighted by molar-refractivity contribution is -0.121. The van der Waals surface area contributed by atoms with Gasteiger partial charge in [0.1, 0.15) is 0 Å². The van der Waals surface area contributed by atoms with Crippen LogP contribution in [0.4, 0.5) is 0 Å². The minimum absolute atomic E-state index is 0.0465. The first-order valence-electron chi connectivity index (χ1n) is 7.45. The quantitative estimate of drug-likeness (QED) is 0.871. The molecule has 3 rings (SSSR count). The minimum Gasteiger partial charge on any atom is -0.383 e. The summed E-state index contributed by atoms with van der Waals surface area (Å²) in [6, 6.07) is 8.17. The summed E-state index contributed by atoms with van der Waals surface area (Å²) in [5.41, 5.74) is 1.12. The van der Waals surface area contributed by atoms with Gasteiger partial charge in [-0.2, -0.15) is 4.99 Å². The van der Waals surface area contributed by atoms with Gasteiger partial charge in [-0.15, -0.1) is 0 Å². The Morgan fingerprint density at radius 2 is 2.14 bits per heavy atom. The Morgan fingerprint density at radius 1 is 1.38 bits per heavy atom. The molecule has 1 saturated carbocycles. The van der Waals surface area contributed by atoms with Crippen LogP contribution in [0.15, 0.2) is 29.3 Å². The Bertz CT molecular complexity index is 696. The van der Waals surface area contributed by atoms with E-state index in [1.807, 2.05) is 12.1 Å². The van der Waals surface area contributed by atoms with Crippen LogP contribution < -0.4 is 4.80 Å². The molecule has 1 aliphatic carbocycles. The number of fused-ring (bicyclic) bond motifs is 1. The van der Waals surface area contributed by atoms with Gasteiger partial charge in [0.25, 0.3) is 5.91 Å². The van der Waals surface area contributed by atoms with E-state index in [1.54, 1.807) is 18.4 Å². The van der Waals surface area contributed by atoms with E-state index in [4.69, 9.17) is 4.74 Å². The van der Waals surface area contributed by atoms with Crippen molar-refractivity contribution in [3.05, 3.63) is 29.1 Å². The number of rotatable bonds is 4. The smallest absolute Gasteiger partial charge is 0.251 e. The third-order valence-electron chi connectivity index (χ3n) is 4.02. The average molecular weight is 304 g/mol. The van der Waals surface area contributed by atoms with Crippen LogP contribution in [0.5, 0.6) is 0 Å². The Labute approximate surface area is 128 Å². The van der Waals surface area contributed by atoms with E-state index in [-0.39, 0.29) is 11.8 Å². The molecule has 0 spiro atoms. The monoisotopic (exact) mass is 304 g/mol. The molecule has 0 N–H and O–H groups in total. The molecular weight excluding hydrogens is 284 g/mol. The number of hydrogen-bond acceptors (Lipinski definition) is 3. The van der Waals surface area contributed by atoms with Crippen molar-refractivity contribution in [3.63, 3.8) is 0 Å². The first-order chi connectivity index (χ1) is 10.3. The summed E-state index contributed by atoms with van der Waals surface area (Å²) in [5, 5.41) is 0. The topological polar surface area (TPSA) is 43.6 Å². The molecule has 1 aromatic heterocycles. The van der Waals surface area contributed by atoms with Crippen molar-refractivity contribution in [2.75, 3.05) is 13.7 Å².